The highest BCUT2D eigenvalue weighted by Crippen LogP contribution is 2.29. The van der Waals surface area contributed by atoms with E-state index in [1.54, 1.807) is 18.2 Å². The quantitative estimate of drug-likeness (QED) is 0.731. The molecule has 0 saturated heterocycles. The van der Waals surface area contributed by atoms with Gasteiger partial charge in [0.1, 0.15) is 0 Å². The van der Waals surface area contributed by atoms with Crippen LogP contribution < -0.4 is 5.73 Å². The number of aryl methyl sites for hydroxylation is 2. The van der Waals surface area contributed by atoms with Gasteiger partial charge in [0, 0.05) is 27.7 Å². The second-order valence-electron chi connectivity index (χ2n) is 4.79. The van der Waals surface area contributed by atoms with Crippen molar-refractivity contribution in [2.24, 2.45) is 0 Å². The first kappa shape index (κ1) is 13.6. The lowest BCUT2D eigenvalue weighted by molar-refractivity contribution is 0.432. The van der Waals surface area contributed by atoms with Crippen LogP contribution in [0.15, 0.2) is 34.9 Å². The second kappa shape index (κ2) is 5.18. The monoisotopic (exact) mass is 300 g/mol. The topological polar surface area (TPSA) is 77.8 Å². The molecule has 3 aromatic rings. The van der Waals surface area contributed by atoms with Gasteiger partial charge >= 0.3 is 0 Å². The van der Waals surface area contributed by atoms with Crippen molar-refractivity contribution in [2.45, 2.75) is 13.8 Å². The maximum absolute atomic E-state index is 5.98. The molecule has 5 nitrogen and oxygen atoms in total. The molecule has 3 rings (SSSR count). The Morgan fingerprint density at radius 2 is 1.76 bits per heavy atom. The van der Waals surface area contributed by atoms with Crippen molar-refractivity contribution in [3.8, 4) is 22.8 Å². The fourth-order valence-corrected chi connectivity index (χ4v) is 2.30. The molecule has 0 amide bonds. The third kappa shape index (κ3) is 2.73. The molecule has 0 aliphatic carbocycles. The maximum atomic E-state index is 5.98. The summed E-state index contributed by atoms with van der Waals surface area (Å²) in [6.07, 6.45) is 0. The average molecular weight is 301 g/mol. The summed E-state index contributed by atoms with van der Waals surface area (Å²) in [5.74, 6) is 0.843. The molecule has 1 aromatic carbocycles. The van der Waals surface area contributed by atoms with Gasteiger partial charge in [-0.15, -0.1) is 0 Å². The van der Waals surface area contributed by atoms with E-state index in [1.807, 2.05) is 26.0 Å². The van der Waals surface area contributed by atoms with Crippen molar-refractivity contribution in [3.63, 3.8) is 0 Å². The summed E-state index contributed by atoms with van der Waals surface area (Å²) in [6, 6.07) is 8.94. The van der Waals surface area contributed by atoms with E-state index < -0.39 is 0 Å². The molecule has 0 aliphatic heterocycles. The van der Waals surface area contributed by atoms with E-state index in [9.17, 15) is 0 Å². The van der Waals surface area contributed by atoms with Crippen molar-refractivity contribution in [1.82, 2.24) is 15.1 Å². The Morgan fingerprint density at radius 1 is 1.05 bits per heavy atom. The molecule has 0 fully saturated rings. The number of nitrogens with zero attached hydrogens (tertiary/aromatic N) is 3. The van der Waals surface area contributed by atoms with Crippen molar-refractivity contribution in [3.05, 3.63) is 46.7 Å². The summed E-state index contributed by atoms with van der Waals surface area (Å²) in [5, 5.41) is 4.57. The highest BCUT2D eigenvalue weighted by molar-refractivity contribution is 6.31. The minimum absolute atomic E-state index is 0.345. The molecule has 106 valence electrons. The van der Waals surface area contributed by atoms with Crippen LogP contribution >= 0.6 is 11.6 Å². The normalized spacial score (nSPS) is 10.8. The van der Waals surface area contributed by atoms with Crippen LogP contribution in [0, 0.1) is 13.8 Å². The van der Waals surface area contributed by atoms with Crippen LogP contribution in [0.1, 0.15) is 11.4 Å². The van der Waals surface area contributed by atoms with E-state index in [-0.39, 0.29) is 0 Å². The zero-order valence-corrected chi connectivity index (χ0v) is 12.3. The number of hydrogen-bond donors (Lipinski definition) is 1. The molecule has 0 bridgehead atoms. The van der Waals surface area contributed by atoms with E-state index in [2.05, 4.69) is 15.1 Å². The molecule has 0 radical (unpaired) electrons. The Labute approximate surface area is 126 Å². The van der Waals surface area contributed by atoms with Crippen LogP contribution in [0.2, 0.25) is 5.02 Å². The van der Waals surface area contributed by atoms with Crippen molar-refractivity contribution in [1.29, 1.82) is 0 Å². The molecular weight excluding hydrogens is 288 g/mol. The summed E-state index contributed by atoms with van der Waals surface area (Å²) in [5.41, 5.74) is 9.75. The standard InChI is InChI=1S/C15H13ClN4O/c1-8-5-10(6-9(2)18-8)14-19-15(21-20-14)12-7-11(16)3-4-13(12)17/h3-7H,17H2,1-2H3. The lowest BCUT2D eigenvalue weighted by Gasteiger charge is -2.00. The highest BCUT2D eigenvalue weighted by atomic mass is 35.5. The molecular formula is C15H13ClN4O. The van der Waals surface area contributed by atoms with Gasteiger partial charge in [-0.1, -0.05) is 16.8 Å². The van der Waals surface area contributed by atoms with Gasteiger partial charge in [-0.2, -0.15) is 4.98 Å². The van der Waals surface area contributed by atoms with Gasteiger partial charge in [0.2, 0.25) is 5.82 Å². The maximum Gasteiger partial charge on any atom is 0.260 e. The number of nitrogen functional groups attached to an aromatic ring is 1. The summed E-state index contributed by atoms with van der Waals surface area (Å²) in [6.45, 7) is 3.85. The zero-order valence-electron chi connectivity index (χ0n) is 11.6. The lowest BCUT2D eigenvalue weighted by atomic mass is 10.1. The molecule has 0 spiro atoms. The molecule has 2 N–H and O–H groups in total. The average Bonchev–Trinajstić information content (AvgIpc) is 2.90. The number of rotatable bonds is 2. The summed E-state index contributed by atoms with van der Waals surface area (Å²) in [4.78, 5) is 8.72. The number of aromatic nitrogens is 3. The van der Waals surface area contributed by atoms with Gasteiger partial charge in [0.15, 0.2) is 0 Å². The van der Waals surface area contributed by atoms with E-state index in [1.165, 1.54) is 0 Å². The zero-order chi connectivity index (χ0) is 15.0. The Kier molecular flexibility index (Phi) is 3.35. The second-order valence-corrected chi connectivity index (χ2v) is 5.23. The van der Waals surface area contributed by atoms with Gasteiger partial charge in [-0.25, -0.2) is 0 Å². The SMILES string of the molecule is Cc1cc(-c2noc(-c3cc(Cl)ccc3N)n2)cc(C)n1. The Balaban J connectivity index is 2.05. The van der Waals surface area contributed by atoms with Crippen molar-refractivity contribution in [2.75, 3.05) is 5.73 Å². The van der Waals surface area contributed by atoms with Crippen LogP contribution in [0.5, 0.6) is 0 Å². The van der Waals surface area contributed by atoms with E-state index in [0.717, 1.165) is 17.0 Å². The number of anilines is 1. The predicted octanol–water partition coefficient (Wildman–Crippen LogP) is 3.65. The number of halogens is 1. The van der Waals surface area contributed by atoms with E-state index in [0.29, 0.717) is 28.0 Å². The van der Waals surface area contributed by atoms with Crippen LogP contribution in [-0.4, -0.2) is 15.1 Å². The minimum atomic E-state index is 0.345. The van der Waals surface area contributed by atoms with Crippen molar-refractivity contribution >= 4 is 17.3 Å². The van der Waals surface area contributed by atoms with E-state index >= 15 is 0 Å². The molecule has 2 aromatic heterocycles. The van der Waals surface area contributed by atoms with E-state index in [4.69, 9.17) is 21.9 Å². The van der Waals surface area contributed by atoms with Gasteiger partial charge in [-0.3, -0.25) is 4.98 Å². The predicted molar refractivity (Wildman–Crippen MR) is 81.9 cm³/mol. The van der Waals surface area contributed by atoms with Crippen LogP contribution in [0.25, 0.3) is 22.8 Å². The molecule has 0 saturated carbocycles. The van der Waals surface area contributed by atoms with Gasteiger partial charge in [0.05, 0.1) is 5.56 Å². The first-order valence-corrected chi connectivity index (χ1v) is 6.75. The summed E-state index contributed by atoms with van der Waals surface area (Å²) < 4.78 is 5.30. The number of nitrogens with two attached hydrogens (primary N) is 1. The smallest absolute Gasteiger partial charge is 0.260 e. The third-order valence-electron chi connectivity index (χ3n) is 3.01. The summed E-state index contributed by atoms with van der Waals surface area (Å²) >= 11 is 5.98. The molecule has 0 unspecified atom stereocenters. The fourth-order valence-electron chi connectivity index (χ4n) is 2.13. The van der Waals surface area contributed by atoms with Crippen LogP contribution in [-0.2, 0) is 0 Å². The molecule has 21 heavy (non-hydrogen) atoms. The van der Waals surface area contributed by atoms with Gasteiger partial charge < -0.3 is 10.3 Å². The highest BCUT2D eigenvalue weighted by Gasteiger charge is 2.14. The Hall–Kier alpha value is -2.40. The van der Waals surface area contributed by atoms with Crippen LogP contribution in [0.3, 0.4) is 0 Å². The van der Waals surface area contributed by atoms with Gasteiger partial charge in [-0.05, 0) is 44.2 Å². The molecule has 6 heteroatoms. The summed E-state index contributed by atoms with van der Waals surface area (Å²) in [7, 11) is 0. The number of hydrogen-bond acceptors (Lipinski definition) is 5. The minimum Gasteiger partial charge on any atom is -0.398 e. The lowest BCUT2D eigenvalue weighted by Crippen LogP contribution is -1.91. The molecule has 2 heterocycles. The van der Waals surface area contributed by atoms with Crippen molar-refractivity contribution < 1.29 is 4.52 Å². The number of pyridine rings is 1. The van der Waals surface area contributed by atoms with Gasteiger partial charge in [0.25, 0.3) is 5.89 Å². The van der Waals surface area contributed by atoms with Crippen LogP contribution in [0.4, 0.5) is 5.69 Å². The molecule has 0 aliphatic rings. The first-order valence-electron chi connectivity index (χ1n) is 6.38. The first-order chi connectivity index (χ1) is 10.0. The Bertz CT molecular complexity index is 793. The largest absolute Gasteiger partial charge is 0.398 e. The fraction of sp³-hybridized carbons (Fsp3) is 0.133. The Morgan fingerprint density at radius 3 is 2.48 bits per heavy atom. The number of benzene rings is 1. The third-order valence-corrected chi connectivity index (χ3v) is 3.25. The molecule has 0 atom stereocenters.